The van der Waals surface area contributed by atoms with E-state index in [0.717, 1.165) is 25.1 Å². The summed E-state index contributed by atoms with van der Waals surface area (Å²) in [6.07, 6.45) is 11.6. The van der Waals surface area contributed by atoms with Crippen LogP contribution in [0.25, 0.3) is 0 Å². The van der Waals surface area contributed by atoms with Crippen LogP contribution in [0.5, 0.6) is 0 Å². The van der Waals surface area contributed by atoms with Crippen LogP contribution >= 0.6 is 0 Å². The van der Waals surface area contributed by atoms with E-state index >= 15 is 0 Å². The summed E-state index contributed by atoms with van der Waals surface area (Å²) in [5.41, 5.74) is 1.59. The Balaban J connectivity index is 0.00000361. The van der Waals surface area contributed by atoms with Gasteiger partial charge < -0.3 is 6.92 Å². The second kappa shape index (κ2) is 10.5. The molecule has 0 bridgehead atoms. The van der Waals surface area contributed by atoms with E-state index in [1.165, 1.54) is 38.5 Å². The van der Waals surface area contributed by atoms with Gasteiger partial charge in [-0.05, 0) is 24.7 Å². The molecule has 1 aromatic heterocycles. The van der Waals surface area contributed by atoms with Crippen molar-refractivity contribution in [3.05, 3.63) is 18.8 Å². The third-order valence-corrected chi connectivity index (χ3v) is 3.33. The van der Waals surface area contributed by atoms with Crippen molar-refractivity contribution in [1.29, 1.82) is 0 Å². The van der Waals surface area contributed by atoms with Crippen LogP contribution in [0.3, 0.4) is 0 Å². The molecule has 116 valence electrons. The SMILES string of the molecule is [CH2-]CCCCc1cn(CCCCCC(C)(C)C)nn1.[W]. The Labute approximate surface area is 139 Å². The van der Waals surface area contributed by atoms with E-state index in [2.05, 4.69) is 44.2 Å². The minimum absolute atomic E-state index is 0. The minimum atomic E-state index is 0. The molecule has 4 heteroatoms. The molecule has 0 radical (unpaired) electrons. The van der Waals surface area contributed by atoms with Crippen LogP contribution in [-0.4, -0.2) is 15.0 Å². The molecule has 0 spiro atoms. The van der Waals surface area contributed by atoms with Crippen LogP contribution in [0.1, 0.15) is 71.4 Å². The zero-order chi connectivity index (χ0) is 14.1. The first-order chi connectivity index (χ1) is 9.01. The third-order valence-electron chi connectivity index (χ3n) is 3.33. The summed E-state index contributed by atoms with van der Waals surface area (Å²) < 4.78 is 2.00. The fourth-order valence-electron chi connectivity index (χ4n) is 2.15. The maximum absolute atomic E-state index is 4.22. The summed E-state index contributed by atoms with van der Waals surface area (Å²) in [5.74, 6) is 0. The number of hydrogen-bond donors (Lipinski definition) is 0. The Kier molecular flexibility index (Phi) is 10.4. The van der Waals surface area contributed by atoms with Crippen molar-refractivity contribution in [3.63, 3.8) is 0 Å². The topological polar surface area (TPSA) is 30.7 Å². The Morgan fingerprint density at radius 1 is 1.10 bits per heavy atom. The van der Waals surface area contributed by atoms with Gasteiger partial charge in [0.1, 0.15) is 0 Å². The van der Waals surface area contributed by atoms with E-state index in [1.54, 1.807) is 0 Å². The van der Waals surface area contributed by atoms with Crippen molar-refractivity contribution in [2.75, 3.05) is 0 Å². The molecule has 0 aliphatic carbocycles. The van der Waals surface area contributed by atoms with Crippen LogP contribution < -0.4 is 0 Å². The van der Waals surface area contributed by atoms with Gasteiger partial charge in [0.05, 0.1) is 5.69 Å². The molecule has 3 nitrogen and oxygen atoms in total. The summed E-state index contributed by atoms with van der Waals surface area (Å²) in [5, 5.41) is 8.41. The zero-order valence-corrected chi connectivity index (χ0v) is 16.3. The maximum atomic E-state index is 4.22. The number of rotatable bonds is 9. The molecule has 0 fully saturated rings. The van der Waals surface area contributed by atoms with Crippen molar-refractivity contribution in [2.24, 2.45) is 5.41 Å². The predicted octanol–water partition coefficient (Wildman–Crippen LogP) is 4.43. The van der Waals surface area contributed by atoms with Gasteiger partial charge in [0, 0.05) is 33.8 Å². The molecule has 0 aromatic carbocycles. The van der Waals surface area contributed by atoms with Gasteiger partial charge in [0.15, 0.2) is 0 Å². The Morgan fingerprint density at radius 2 is 1.85 bits per heavy atom. The molecule has 0 amide bonds. The molecule has 0 unspecified atom stereocenters. The summed E-state index contributed by atoms with van der Waals surface area (Å²) in [6, 6.07) is 0. The molecular weight excluding hydrogens is 418 g/mol. The first-order valence-corrected chi connectivity index (χ1v) is 7.69. The molecule has 1 rings (SSSR count). The smallest absolute Gasteiger partial charge is 0.0827 e. The van der Waals surface area contributed by atoms with E-state index in [9.17, 15) is 0 Å². The van der Waals surface area contributed by atoms with E-state index in [1.807, 2.05) is 4.68 Å². The zero-order valence-electron chi connectivity index (χ0n) is 13.4. The van der Waals surface area contributed by atoms with E-state index in [-0.39, 0.29) is 21.1 Å². The Hall–Kier alpha value is -0.172. The van der Waals surface area contributed by atoms with Crippen LogP contribution in [0.15, 0.2) is 6.20 Å². The minimum Gasteiger partial charge on any atom is -0.343 e. The van der Waals surface area contributed by atoms with E-state index < -0.39 is 0 Å². The molecule has 0 atom stereocenters. The molecule has 0 aliphatic rings. The van der Waals surface area contributed by atoms with Gasteiger partial charge in [-0.2, -0.15) is 6.42 Å². The summed E-state index contributed by atoms with van der Waals surface area (Å²) in [7, 11) is 0. The monoisotopic (exact) mass is 448 g/mol. The number of unbranched alkanes of at least 4 members (excludes halogenated alkanes) is 4. The van der Waals surface area contributed by atoms with E-state index in [0.29, 0.717) is 5.41 Å². The first kappa shape index (κ1) is 19.8. The molecule has 0 saturated heterocycles. The van der Waals surface area contributed by atoms with Crippen molar-refractivity contribution in [1.82, 2.24) is 15.0 Å². The summed E-state index contributed by atoms with van der Waals surface area (Å²) >= 11 is 0. The standard InChI is InChI=1S/C16H30N3.W/c1-5-6-8-11-15-14-19(18-17-15)13-10-7-9-12-16(2,3)4;/h14H,1,5-13H2,2-4H3;/q-1;. The average Bonchev–Trinajstić information content (AvgIpc) is 2.75. The largest absolute Gasteiger partial charge is 0.343 e. The number of aromatic nitrogens is 3. The Morgan fingerprint density at radius 3 is 2.50 bits per heavy atom. The van der Waals surface area contributed by atoms with Gasteiger partial charge in [0.25, 0.3) is 0 Å². The molecular formula is C16H30N3W-. The van der Waals surface area contributed by atoms with Crippen LogP contribution in [0.4, 0.5) is 0 Å². The Bertz CT molecular complexity index is 342. The fourth-order valence-corrected chi connectivity index (χ4v) is 2.15. The first-order valence-electron chi connectivity index (χ1n) is 7.69. The van der Waals surface area contributed by atoms with Gasteiger partial charge >= 0.3 is 0 Å². The molecule has 0 saturated carbocycles. The number of hydrogen-bond acceptors (Lipinski definition) is 2. The molecule has 1 heterocycles. The van der Waals surface area contributed by atoms with Gasteiger partial charge in [-0.25, -0.2) is 0 Å². The average molecular weight is 448 g/mol. The van der Waals surface area contributed by atoms with Gasteiger partial charge in [-0.3, -0.25) is 4.68 Å². The number of aryl methyl sites for hydroxylation is 2. The summed E-state index contributed by atoms with van der Waals surface area (Å²) in [6.45, 7) is 11.8. The van der Waals surface area contributed by atoms with Crippen molar-refractivity contribution in [3.8, 4) is 0 Å². The van der Waals surface area contributed by atoms with Crippen molar-refractivity contribution >= 4 is 0 Å². The maximum Gasteiger partial charge on any atom is 0.0827 e. The van der Waals surface area contributed by atoms with Gasteiger partial charge in [0.2, 0.25) is 0 Å². The molecule has 0 N–H and O–H groups in total. The molecule has 1 aromatic rings. The molecule has 0 aliphatic heterocycles. The van der Waals surface area contributed by atoms with Crippen LogP contribution in [0.2, 0.25) is 0 Å². The fraction of sp³-hybridized carbons (Fsp3) is 0.812. The van der Waals surface area contributed by atoms with Crippen molar-refractivity contribution in [2.45, 2.75) is 78.7 Å². The summed E-state index contributed by atoms with van der Waals surface area (Å²) in [4.78, 5) is 0. The van der Waals surface area contributed by atoms with Crippen LogP contribution in [-0.2, 0) is 34.0 Å². The van der Waals surface area contributed by atoms with Gasteiger partial charge in [-0.15, -0.1) is 5.10 Å². The number of nitrogens with zero attached hydrogens (tertiary/aromatic N) is 3. The van der Waals surface area contributed by atoms with Crippen molar-refractivity contribution < 1.29 is 21.1 Å². The van der Waals surface area contributed by atoms with Crippen LogP contribution in [0, 0.1) is 12.3 Å². The second-order valence-electron chi connectivity index (χ2n) is 6.65. The molecule has 20 heavy (non-hydrogen) atoms. The van der Waals surface area contributed by atoms with Gasteiger partial charge in [-0.1, -0.05) is 51.7 Å². The quantitative estimate of drug-likeness (QED) is 0.414. The predicted molar refractivity (Wildman–Crippen MR) is 80.9 cm³/mol. The third kappa shape index (κ3) is 9.69. The normalized spacial score (nSPS) is 11.4. The second-order valence-corrected chi connectivity index (χ2v) is 6.65. The van der Waals surface area contributed by atoms with E-state index in [4.69, 9.17) is 0 Å².